The number of hydrogen-bond acceptors (Lipinski definition) is 15. The van der Waals surface area contributed by atoms with E-state index in [9.17, 15) is 51.6 Å². The lowest BCUT2D eigenvalue weighted by Gasteiger charge is -2.15. The maximum Gasteiger partial charge on any atom is 0.342 e. The Morgan fingerprint density at radius 3 is 2.36 bits per heavy atom. The third-order valence-corrected chi connectivity index (χ3v) is 11.1. The van der Waals surface area contributed by atoms with Gasteiger partial charge >= 0.3 is 11.9 Å². The van der Waals surface area contributed by atoms with Gasteiger partial charge in [0.2, 0.25) is 5.91 Å². The number of rotatable bonds is 18. The summed E-state index contributed by atoms with van der Waals surface area (Å²) >= 11 is 0. The molecular weight excluding hydrogens is 790 g/mol. The summed E-state index contributed by atoms with van der Waals surface area (Å²) in [7, 11) is -4.12. The van der Waals surface area contributed by atoms with Crippen LogP contribution in [0, 0.1) is 26.0 Å². The minimum Gasteiger partial charge on any atom is -0.461 e. The first-order valence-corrected chi connectivity index (χ1v) is 20.8. The van der Waals surface area contributed by atoms with Crippen LogP contribution < -0.4 is 10.1 Å². The number of nitrogens with one attached hydrogen (secondary N) is 1. The fourth-order valence-electron chi connectivity index (χ4n) is 5.27. The van der Waals surface area contributed by atoms with E-state index in [1.807, 2.05) is 6.08 Å². The Labute approximate surface area is 318 Å². The van der Waals surface area contributed by atoms with Crippen LogP contribution in [0.15, 0.2) is 71.1 Å². The number of ether oxygens (including phenoxy) is 2. The summed E-state index contributed by atoms with van der Waals surface area (Å²) in [6.07, 6.45) is 1.47. The van der Waals surface area contributed by atoms with Crippen molar-refractivity contribution in [3.63, 3.8) is 0 Å². The molecule has 17 nitrogen and oxygen atoms in total. The average Bonchev–Trinajstić information content (AvgIpc) is 3.34. The van der Waals surface area contributed by atoms with E-state index in [4.69, 9.17) is 9.47 Å². The predicted octanol–water partition coefficient (Wildman–Crippen LogP) is 4.85. The van der Waals surface area contributed by atoms with E-state index in [2.05, 4.69) is 15.0 Å². The largest absolute Gasteiger partial charge is 0.461 e. The van der Waals surface area contributed by atoms with Crippen molar-refractivity contribution in [1.82, 2.24) is 0 Å². The maximum absolute atomic E-state index is 14.5. The number of amides is 1. The summed E-state index contributed by atoms with van der Waals surface area (Å²) in [5.41, 5.74) is 3.52. The predicted molar refractivity (Wildman–Crippen MR) is 198 cm³/mol. The van der Waals surface area contributed by atoms with Crippen LogP contribution in [-0.2, 0) is 43.7 Å². The van der Waals surface area contributed by atoms with Gasteiger partial charge in [-0.3, -0.25) is 13.8 Å². The third kappa shape index (κ3) is 12.4. The van der Waals surface area contributed by atoms with E-state index in [1.165, 1.54) is 18.2 Å². The number of nitrogens with zero attached hydrogens (tertiary/aromatic N) is 2. The fraction of sp³-hybridized carbons (Fsp3) is 0.265. The second-order valence-corrected chi connectivity index (χ2v) is 17.6. The Morgan fingerprint density at radius 1 is 1.02 bits per heavy atom. The summed E-state index contributed by atoms with van der Waals surface area (Å²) in [5, 5.41) is 21.5. The van der Waals surface area contributed by atoms with Crippen molar-refractivity contribution in [3.8, 4) is 5.75 Å². The van der Waals surface area contributed by atoms with E-state index >= 15 is 0 Å². The summed E-state index contributed by atoms with van der Waals surface area (Å²) < 4.78 is 59.6. The van der Waals surface area contributed by atoms with Crippen molar-refractivity contribution in [2.75, 3.05) is 36.8 Å². The molecule has 0 spiro atoms. The number of allylic oxidation sites excluding steroid dienone is 2. The highest BCUT2D eigenvalue weighted by Gasteiger charge is 2.27. The van der Waals surface area contributed by atoms with Crippen LogP contribution in [0.25, 0.3) is 17.2 Å². The molecule has 1 aliphatic carbocycles. The lowest BCUT2D eigenvalue weighted by Crippen LogP contribution is -2.29. The minimum atomic E-state index is -3.46. The molecule has 4 rings (SSSR count). The number of carbonyl (C=O) groups is 3. The molecule has 3 aromatic carbocycles. The fourth-order valence-corrected chi connectivity index (χ4v) is 7.35. The zero-order valence-corrected chi connectivity index (χ0v) is 31.6. The van der Waals surface area contributed by atoms with Crippen LogP contribution in [0.5, 0.6) is 5.75 Å². The molecule has 292 valence electrons. The molecule has 2 unspecified atom stereocenters. The normalized spacial score (nSPS) is 14.1. The molecule has 1 aliphatic rings. The van der Waals surface area contributed by atoms with Gasteiger partial charge in [0.05, 0.1) is 12.8 Å². The number of halogens is 1. The van der Waals surface area contributed by atoms with Crippen LogP contribution >= 0.6 is 10.8 Å². The first kappa shape index (κ1) is 42.1. The van der Waals surface area contributed by atoms with Crippen LogP contribution in [0.4, 0.5) is 10.1 Å². The number of fused-ring (bicyclic) bond motifs is 1. The quantitative estimate of drug-likeness (QED) is 0.0451. The minimum absolute atomic E-state index is 0.0242. The zero-order valence-electron chi connectivity index (χ0n) is 29.2. The Bertz CT molecular complexity index is 2210. The Hall–Kier alpha value is -5.67. The molecule has 21 heteroatoms. The van der Waals surface area contributed by atoms with Crippen LogP contribution in [0.2, 0.25) is 0 Å². The van der Waals surface area contributed by atoms with Gasteiger partial charge in [-0.2, -0.15) is 0 Å². The van der Waals surface area contributed by atoms with Gasteiger partial charge in [-0.1, -0.05) is 18.2 Å². The van der Waals surface area contributed by atoms with Crippen molar-refractivity contribution >= 4 is 71.2 Å². The van der Waals surface area contributed by atoms with Gasteiger partial charge in [-0.25, -0.2) is 17.6 Å². The van der Waals surface area contributed by atoms with Crippen molar-refractivity contribution in [2.45, 2.75) is 30.8 Å². The topological polar surface area (TPSA) is 238 Å². The van der Waals surface area contributed by atoms with E-state index in [1.54, 1.807) is 43.5 Å². The highest BCUT2D eigenvalue weighted by Crippen LogP contribution is 2.44. The smallest absolute Gasteiger partial charge is 0.342 e. The molecule has 0 aliphatic heterocycles. The standard InChI is InChI=1S/C34H32FN3O14S3/c1-20-27(14-21-4-8-25(9-5-21)54(2)46)26-10-6-22(35)15-29(26)28(20)18-32(39)36-23-7-11-31(30(16-23)34(41)49-12-13-53-55(3,47)48)51-33(40)17-24(52-38(44)45)19-50-37(42)43/h4-11,14-16,24H,12-13,17-19H2,1-3H3,(H,36,39). The molecule has 0 saturated heterocycles. The molecule has 0 aromatic heterocycles. The third-order valence-electron chi connectivity index (χ3n) is 7.63. The van der Waals surface area contributed by atoms with Crippen LogP contribution in [-0.4, -0.2) is 78.2 Å². The molecule has 2 atom stereocenters. The van der Waals surface area contributed by atoms with Crippen LogP contribution in [0.1, 0.15) is 46.8 Å². The SMILES string of the molecule is CC1=C(CC(=O)Nc2ccc(OC(=O)CC(CO[N+](=O)[O-])O[N+](=O)[O-])c(C(=O)OCCSS(C)(=O)=O)c2)c2cc(F)ccc2C1=Cc1ccc(S(C)=O)cc1. The van der Waals surface area contributed by atoms with E-state index < -0.39 is 83.9 Å². The van der Waals surface area contributed by atoms with Crippen molar-refractivity contribution in [2.24, 2.45) is 0 Å². The van der Waals surface area contributed by atoms with Crippen LogP contribution in [0.3, 0.4) is 0 Å². The van der Waals surface area contributed by atoms with Gasteiger partial charge in [-0.05, 0) is 99.7 Å². The maximum atomic E-state index is 14.5. The molecule has 0 fully saturated rings. The lowest BCUT2D eigenvalue weighted by atomic mass is 10.0. The molecular formula is C34H32FN3O14S3. The second-order valence-electron chi connectivity index (χ2n) is 11.6. The molecule has 0 heterocycles. The Kier molecular flexibility index (Phi) is 14.2. The summed E-state index contributed by atoms with van der Waals surface area (Å²) in [6.45, 7) is 0.394. The molecule has 55 heavy (non-hydrogen) atoms. The molecule has 0 radical (unpaired) electrons. The summed E-state index contributed by atoms with van der Waals surface area (Å²) in [4.78, 5) is 69.6. The molecule has 1 amide bonds. The van der Waals surface area contributed by atoms with Gasteiger partial charge in [0.1, 0.15) is 36.4 Å². The Morgan fingerprint density at radius 2 is 1.73 bits per heavy atom. The van der Waals surface area contributed by atoms with Gasteiger partial charge in [-0.15, -0.1) is 20.2 Å². The van der Waals surface area contributed by atoms with Crippen molar-refractivity contribution in [1.29, 1.82) is 0 Å². The molecule has 0 saturated carbocycles. The number of benzene rings is 3. The van der Waals surface area contributed by atoms with Gasteiger partial charge < -0.3 is 24.5 Å². The zero-order chi connectivity index (χ0) is 40.4. The van der Waals surface area contributed by atoms with Crippen molar-refractivity contribution < 1.29 is 60.7 Å². The first-order valence-electron chi connectivity index (χ1n) is 15.8. The molecule has 0 bridgehead atoms. The van der Waals surface area contributed by atoms with Gasteiger partial charge in [0.15, 0.2) is 8.87 Å². The van der Waals surface area contributed by atoms with E-state index in [0.717, 1.165) is 29.5 Å². The summed E-state index contributed by atoms with van der Waals surface area (Å²) in [6, 6.07) is 14.8. The molecule has 3 aromatic rings. The lowest BCUT2D eigenvalue weighted by molar-refractivity contribution is -0.789. The number of hydrogen-bond donors (Lipinski definition) is 1. The first-order chi connectivity index (χ1) is 25.9. The highest BCUT2D eigenvalue weighted by atomic mass is 33.1. The van der Waals surface area contributed by atoms with Gasteiger partial charge in [0, 0.05) is 39.6 Å². The average molecular weight is 822 g/mol. The number of esters is 2. The Balaban J connectivity index is 1.58. The highest BCUT2D eigenvalue weighted by molar-refractivity contribution is 8.71. The summed E-state index contributed by atoms with van der Waals surface area (Å²) in [5.74, 6) is -4.03. The number of carbonyl (C=O) groups excluding carboxylic acids is 3. The van der Waals surface area contributed by atoms with Crippen molar-refractivity contribution in [3.05, 3.63) is 115 Å². The monoisotopic (exact) mass is 821 g/mol. The van der Waals surface area contributed by atoms with Gasteiger partial charge in [0.25, 0.3) is 10.2 Å². The second kappa shape index (κ2) is 18.6. The number of anilines is 1. The molecule has 1 N–H and O–H groups in total. The van der Waals surface area contributed by atoms with E-state index in [-0.39, 0.29) is 24.5 Å². The van der Waals surface area contributed by atoms with E-state index in [0.29, 0.717) is 38.0 Å².